The molecule has 0 amide bonds. The summed E-state index contributed by atoms with van der Waals surface area (Å²) < 4.78 is 0. The molecule has 1 saturated heterocycles. The molecule has 2 N–H and O–H groups in total. The zero-order chi connectivity index (χ0) is 17.3. The Kier molecular flexibility index (Phi) is 4.90. The lowest BCUT2D eigenvalue weighted by Gasteiger charge is -2.45. The molecular formula is C18H27N3O3. The van der Waals surface area contributed by atoms with Gasteiger partial charge in [-0.1, -0.05) is 18.2 Å². The minimum atomic E-state index is -0.836. The number of aliphatic carboxylic acids is 1. The second kappa shape index (κ2) is 6.78. The van der Waals surface area contributed by atoms with E-state index in [1.165, 1.54) is 0 Å². The van der Waals surface area contributed by atoms with Crippen molar-refractivity contribution < 1.29 is 14.7 Å². The molecule has 1 saturated carbocycles. The number of carboxylic acid groups (broad SMARTS) is 1. The first-order valence-corrected chi connectivity index (χ1v) is 8.71. The van der Waals surface area contributed by atoms with Crippen LogP contribution < -0.4 is 5.32 Å². The van der Waals surface area contributed by atoms with Gasteiger partial charge >= 0.3 is 5.97 Å². The predicted molar refractivity (Wildman–Crippen MR) is 91.7 cm³/mol. The molecule has 24 heavy (non-hydrogen) atoms. The Morgan fingerprint density at radius 1 is 1.42 bits per heavy atom. The standard InChI is InChI=1S/C18H27N3O3/c1-20(2)13-7-9-18(10-8-13)12-19-17(21(18)11-16(23)24)14-5-3-4-6-15(14)22/h3-5,13,17,19H,6-12H2,1-2H3,(H,23,24)/t13?,17-,18?/m1/s1. The topological polar surface area (TPSA) is 72.9 Å². The third-order valence-corrected chi connectivity index (χ3v) is 5.80. The monoisotopic (exact) mass is 333 g/mol. The molecule has 6 heteroatoms. The van der Waals surface area contributed by atoms with Gasteiger partial charge in [0.1, 0.15) is 0 Å². The summed E-state index contributed by atoms with van der Waals surface area (Å²) in [6.07, 6.45) is 9.74. The van der Waals surface area contributed by atoms with Gasteiger partial charge in [-0.2, -0.15) is 0 Å². The number of hydrogen-bond donors (Lipinski definition) is 2. The summed E-state index contributed by atoms with van der Waals surface area (Å²) in [5.41, 5.74) is 0.544. The Morgan fingerprint density at radius 3 is 2.71 bits per heavy atom. The van der Waals surface area contributed by atoms with Crippen LogP contribution >= 0.6 is 0 Å². The molecule has 3 rings (SSSR count). The number of nitrogens with zero attached hydrogens (tertiary/aromatic N) is 2. The zero-order valence-electron chi connectivity index (χ0n) is 14.5. The number of allylic oxidation sites excluding steroid dienone is 3. The third-order valence-electron chi connectivity index (χ3n) is 5.80. The highest BCUT2D eigenvalue weighted by Gasteiger charge is 2.50. The van der Waals surface area contributed by atoms with E-state index in [1.54, 1.807) is 0 Å². The van der Waals surface area contributed by atoms with E-state index in [-0.39, 0.29) is 24.0 Å². The van der Waals surface area contributed by atoms with Crippen LogP contribution in [-0.2, 0) is 9.59 Å². The van der Waals surface area contributed by atoms with Crippen LogP contribution in [0, 0.1) is 0 Å². The largest absolute Gasteiger partial charge is 0.480 e. The van der Waals surface area contributed by atoms with Crippen LogP contribution in [0.3, 0.4) is 0 Å². The van der Waals surface area contributed by atoms with Crippen molar-refractivity contribution >= 4 is 11.8 Å². The van der Waals surface area contributed by atoms with Gasteiger partial charge in [-0.15, -0.1) is 0 Å². The number of carbonyl (C=O) groups excluding carboxylic acids is 1. The molecule has 1 aliphatic heterocycles. The summed E-state index contributed by atoms with van der Waals surface area (Å²) >= 11 is 0. The van der Waals surface area contributed by atoms with Gasteiger partial charge in [-0.25, -0.2) is 0 Å². The number of hydrogen-bond acceptors (Lipinski definition) is 5. The Balaban J connectivity index is 1.83. The maximum absolute atomic E-state index is 12.3. The summed E-state index contributed by atoms with van der Waals surface area (Å²) in [6.45, 7) is 0.720. The van der Waals surface area contributed by atoms with Crippen LogP contribution in [-0.4, -0.2) is 71.6 Å². The van der Waals surface area contributed by atoms with E-state index in [0.29, 0.717) is 18.0 Å². The van der Waals surface area contributed by atoms with E-state index in [4.69, 9.17) is 0 Å². The van der Waals surface area contributed by atoms with Crippen molar-refractivity contribution in [2.45, 2.75) is 49.9 Å². The molecular weight excluding hydrogens is 306 g/mol. The number of carboxylic acids is 1. The highest BCUT2D eigenvalue weighted by Crippen LogP contribution is 2.40. The summed E-state index contributed by atoms with van der Waals surface area (Å²) in [5, 5.41) is 12.9. The van der Waals surface area contributed by atoms with Crippen LogP contribution in [0.1, 0.15) is 32.1 Å². The summed E-state index contributed by atoms with van der Waals surface area (Å²) in [5.74, 6) is -0.748. The van der Waals surface area contributed by atoms with Crippen molar-refractivity contribution in [2.24, 2.45) is 0 Å². The highest BCUT2D eigenvalue weighted by atomic mass is 16.4. The average molecular weight is 333 g/mol. The van der Waals surface area contributed by atoms with Crippen LogP contribution in [0.15, 0.2) is 23.8 Å². The van der Waals surface area contributed by atoms with Crippen molar-refractivity contribution in [3.05, 3.63) is 23.8 Å². The molecule has 2 fully saturated rings. The normalized spacial score (nSPS) is 34.1. The smallest absolute Gasteiger partial charge is 0.317 e. The molecule has 1 spiro atoms. The first-order chi connectivity index (χ1) is 11.4. The summed E-state index contributed by atoms with van der Waals surface area (Å²) in [4.78, 5) is 28.0. The van der Waals surface area contributed by atoms with E-state index in [1.807, 2.05) is 23.1 Å². The minimum absolute atomic E-state index is 0.0291. The number of carbonyl (C=O) groups is 2. The first-order valence-electron chi connectivity index (χ1n) is 8.71. The molecule has 0 unspecified atom stereocenters. The quantitative estimate of drug-likeness (QED) is 0.800. The second-order valence-corrected chi connectivity index (χ2v) is 7.40. The van der Waals surface area contributed by atoms with Gasteiger partial charge in [-0.3, -0.25) is 19.8 Å². The van der Waals surface area contributed by atoms with Gasteiger partial charge in [-0.05, 0) is 39.8 Å². The Labute approximate surface area is 143 Å². The Hall–Kier alpha value is -1.50. The van der Waals surface area contributed by atoms with E-state index in [0.717, 1.165) is 32.2 Å². The lowest BCUT2D eigenvalue weighted by Crippen LogP contribution is -2.55. The minimum Gasteiger partial charge on any atom is -0.480 e. The van der Waals surface area contributed by atoms with Gasteiger partial charge in [0.25, 0.3) is 0 Å². The molecule has 132 valence electrons. The number of nitrogens with one attached hydrogen (secondary N) is 1. The van der Waals surface area contributed by atoms with Crippen LogP contribution in [0.25, 0.3) is 0 Å². The predicted octanol–water partition coefficient (Wildman–Crippen LogP) is 1.00. The lowest BCUT2D eigenvalue weighted by atomic mass is 9.78. The average Bonchev–Trinajstić information content (AvgIpc) is 2.86. The van der Waals surface area contributed by atoms with E-state index in [2.05, 4.69) is 24.3 Å². The van der Waals surface area contributed by atoms with E-state index < -0.39 is 5.97 Å². The molecule has 2 aliphatic carbocycles. The number of ketones is 1. The van der Waals surface area contributed by atoms with Crippen molar-refractivity contribution in [3.63, 3.8) is 0 Å². The maximum Gasteiger partial charge on any atom is 0.317 e. The second-order valence-electron chi connectivity index (χ2n) is 7.40. The highest BCUT2D eigenvalue weighted by molar-refractivity contribution is 5.98. The van der Waals surface area contributed by atoms with Crippen molar-refractivity contribution in [1.29, 1.82) is 0 Å². The number of Topliss-reactive ketones (excluding diaryl/α,β-unsaturated/α-hetero) is 1. The molecule has 6 nitrogen and oxygen atoms in total. The van der Waals surface area contributed by atoms with Crippen LogP contribution in [0.4, 0.5) is 0 Å². The SMILES string of the molecule is CN(C)C1CCC2(CC1)CN[C@@H](C1=CC=CCC1=O)N2CC(=O)O. The molecule has 0 aromatic heterocycles. The fourth-order valence-electron chi connectivity index (χ4n) is 4.38. The Bertz CT molecular complexity index is 574. The van der Waals surface area contributed by atoms with Crippen molar-refractivity contribution in [2.75, 3.05) is 27.2 Å². The summed E-state index contributed by atoms with van der Waals surface area (Å²) in [7, 11) is 4.20. The lowest BCUT2D eigenvalue weighted by molar-refractivity contribution is -0.140. The fourth-order valence-corrected chi connectivity index (χ4v) is 4.38. The van der Waals surface area contributed by atoms with Gasteiger partial charge < -0.3 is 10.0 Å². The fraction of sp³-hybridized carbons (Fsp3) is 0.667. The zero-order valence-corrected chi connectivity index (χ0v) is 14.5. The van der Waals surface area contributed by atoms with Gasteiger partial charge in [0, 0.05) is 30.1 Å². The molecule has 1 heterocycles. The molecule has 0 aromatic rings. The van der Waals surface area contributed by atoms with Crippen molar-refractivity contribution in [1.82, 2.24) is 15.1 Å². The maximum atomic E-state index is 12.3. The van der Waals surface area contributed by atoms with E-state index >= 15 is 0 Å². The number of rotatable bonds is 4. The Morgan fingerprint density at radius 2 is 2.12 bits per heavy atom. The van der Waals surface area contributed by atoms with Crippen LogP contribution in [0.5, 0.6) is 0 Å². The third kappa shape index (κ3) is 3.18. The first kappa shape index (κ1) is 17.3. The summed E-state index contributed by atoms with van der Waals surface area (Å²) in [6, 6.07) is 0.555. The van der Waals surface area contributed by atoms with E-state index in [9.17, 15) is 14.7 Å². The molecule has 0 radical (unpaired) electrons. The van der Waals surface area contributed by atoms with Crippen molar-refractivity contribution in [3.8, 4) is 0 Å². The molecule has 1 atom stereocenters. The molecule has 0 aromatic carbocycles. The molecule has 3 aliphatic rings. The van der Waals surface area contributed by atoms with Gasteiger partial charge in [0.2, 0.25) is 0 Å². The van der Waals surface area contributed by atoms with Gasteiger partial charge in [0.05, 0.1) is 12.7 Å². The van der Waals surface area contributed by atoms with Gasteiger partial charge in [0.15, 0.2) is 5.78 Å². The van der Waals surface area contributed by atoms with Crippen LogP contribution in [0.2, 0.25) is 0 Å². The molecule has 0 bridgehead atoms.